The Morgan fingerprint density at radius 3 is 3.21 bits per heavy atom. The molecule has 1 saturated heterocycles. The zero-order valence-corrected chi connectivity index (χ0v) is 11.3. The molecule has 2 heterocycles. The molecule has 1 unspecified atom stereocenters. The third-order valence-electron chi connectivity index (χ3n) is 3.09. The largest absolute Gasteiger partial charge is 0.385 e. The van der Waals surface area contributed by atoms with E-state index in [1.807, 2.05) is 6.07 Å². The van der Waals surface area contributed by atoms with E-state index in [2.05, 4.69) is 22.5 Å². The molecule has 1 amide bonds. The predicted octanol–water partition coefficient (Wildman–Crippen LogP) is 1.81. The average molecular weight is 263 g/mol. The molecule has 19 heavy (non-hydrogen) atoms. The van der Waals surface area contributed by atoms with Gasteiger partial charge in [0, 0.05) is 31.6 Å². The van der Waals surface area contributed by atoms with E-state index >= 15 is 0 Å². The third kappa shape index (κ3) is 4.21. The van der Waals surface area contributed by atoms with Crippen LogP contribution in [0.4, 0.5) is 5.69 Å². The van der Waals surface area contributed by atoms with Gasteiger partial charge in [-0.1, -0.05) is 6.92 Å². The molecule has 0 aliphatic carbocycles. The first-order valence-corrected chi connectivity index (χ1v) is 6.89. The van der Waals surface area contributed by atoms with Crippen LogP contribution in [-0.2, 0) is 4.74 Å². The number of ether oxygens (including phenoxy) is 1. The number of nitrogens with one attached hydrogen (secondary N) is 2. The van der Waals surface area contributed by atoms with E-state index in [0.717, 1.165) is 38.1 Å². The zero-order valence-electron chi connectivity index (χ0n) is 11.3. The van der Waals surface area contributed by atoms with E-state index in [1.165, 1.54) is 0 Å². The van der Waals surface area contributed by atoms with Crippen LogP contribution in [0.25, 0.3) is 0 Å². The Morgan fingerprint density at radius 1 is 1.58 bits per heavy atom. The van der Waals surface area contributed by atoms with Crippen molar-refractivity contribution >= 4 is 11.6 Å². The third-order valence-corrected chi connectivity index (χ3v) is 3.09. The number of anilines is 1. The fourth-order valence-corrected chi connectivity index (χ4v) is 2.04. The van der Waals surface area contributed by atoms with E-state index in [1.54, 1.807) is 12.3 Å². The van der Waals surface area contributed by atoms with Gasteiger partial charge in [0.15, 0.2) is 0 Å². The Morgan fingerprint density at radius 2 is 2.47 bits per heavy atom. The maximum atomic E-state index is 12.0. The first-order valence-electron chi connectivity index (χ1n) is 6.89. The second-order valence-corrected chi connectivity index (χ2v) is 4.70. The molecule has 1 fully saturated rings. The molecule has 104 valence electrons. The molecule has 1 aliphatic heterocycles. The van der Waals surface area contributed by atoms with Crippen molar-refractivity contribution in [1.29, 1.82) is 0 Å². The number of aromatic nitrogens is 1. The Balaban J connectivity index is 1.86. The maximum absolute atomic E-state index is 12.0. The van der Waals surface area contributed by atoms with Gasteiger partial charge in [0.2, 0.25) is 0 Å². The highest BCUT2D eigenvalue weighted by molar-refractivity contribution is 5.93. The average Bonchev–Trinajstić information content (AvgIpc) is 2.96. The molecule has 5 heteroatoms. The molecule has 1 aromatic heterocycles. The molecule has 1 aromatic rings. The Hall–Kier alpha value is -1.62. The number of amides is 1. The molecule has 0 saturated carbocycles. The van der Waals surface area contributed by atoms with Crippen LogP contribution in [0.15, 0.2) is 18.3 Å². The first kappa shape index (κ1) is 13.8. The van der Waals surface area contributed by atoms with Crippen molar-refractivity contribution < 1.29 is 9.53 Å². The normalized spacial score (nSPS) is 18.3. The molecule has 2 rings (SSSR count). The Labute approximate surface area is 113 Å². The van der Waals surface area contributed by atoms with Crippen molar-refractivity contribution in [2.45, 2.75) is 32.3 Å². The highest BCUT2D eigenvalue weighted by atomic mass is 16.5. The molecule has 0 aromatic carbocycles. The van der Waals surface area contributed by atoms with Crippen LogP contribution in [-0.4, -0.2) is 36.7 Å². The number of hydrogen-bond donors (Lipinski definition) is 2. The summed E-state index contributed by atoms with van der Waals surface area (Å²) in [6.07, 6.45) is 4.95. The lowest BCUT2D eigenvalue weighted by Gasteiger charge is -2.11. The monoisotopic (exact) mass is 263 g/mol. The zero-order chi connectivity index (χ0) is 13.5. The highest BCUT2D eigenvalue weighted by Gasteiger charge is 2.17. The van der Waals surface area contributed by atoms with Gasteiger partial charge in [-0.05, 0) is 31.4 Å². The van der Waals surface area contributed by atoms with Gasteiger partial charge >= 0.3 is 0 Å². The minimum absolute atomic E-state index is 0.143. The molecule has 0 spiro atoms. The highest BCUT2D eigenvalue weighted by Crippen LogP contribution is 2.11. The van der Waals surface area contributed by atoms with E-state index in [9.17, 15) is 4.79 Å². The number of carbonyl (C=O) groups excluding carboxylic acids is 1. The Bertz CT molecular complexity index is 417. The molecule has 1 atom stereocenters. The Kier molecular flexibility index (Phi) is 5.15. The first-order chi connectivity index (χ1) is 9.29. The van der Waals surface area contributed by atoms with Gasteiger partial charge in [-0.15, -0.1) is 0 Å². The van der Waals surface area contributed by atoms with Gasteiger partial charge in [-0.25, -0.2) is 0 Å². The van der Waals surface area contributed by atoms with E-state index in [-0.39, 0.29) is 12.0 Å². The maximum Gasteiger partial charge on any atom is 0.270 e. The van der Waals surface area contributed by atoms with Gasteiger partial charge in [-0.2, -0.15) is 0 Å². The minimum Gasteiger partial charge on any atom is -0.385 e. The molecule has 5 nitrogen and oxygen atoms in total. The molecular weight excluding hydrogens is 242 g/mol. The fourth-order valence-electron chi connectivity index (χ4n) is 2.04. The predicted molar refractivity (Wildman–Crippen MR) is 74.3 cm³/mol. The summed E-state index contributed by atoms with van der Waals surface area (Å²) in [4.78, 5) is 16.1. The summed E-state index contributed by atoms with van der Waals surface area (Å²) in [5, 5.41) is 6.11. The van der Waals surface area contributed by atoms with E-state index < -0.39 is 0 Å². The summed E-state index contributed by atoms with van der Waals surface area (Å²) in [6.45, 7) is 4.35. The molecule has 1 aliphatic rings. The summed E-state index contributed by atoms with van der Waals surface area (Å²) >= 11 is 0. The summed E-state index contributed by atoms with van der Waals surface area (Å²) in [7, 11) is 0. The fraction of sp³-hybridized carbons (Fsp3) is 0.571. The van der Waals surface area contributed by atoms with Crippen molar-refractivity contribution in [1.82, 2.24) is 10.3 Å². The number of nitrogens with zero attached hydrogens (tertiary/aromatic N) is 1. The van der Waals surface area contributed by atoms with Crippen LogP contribution < -0.4 is 10.6 Å². The van der Waals surface area contributed by atoms with Crippen molar-refractivity contribution in [2.75, 3.05) is 25.0 Å². The van der Waals surface area contributed by atoms with Crippen molar-refractivity contribution in [2.24, 2.45) is 0 Å². The van der Waals surface area contributed by atoms with Crippen LogP contribution in [0.2, 0.25) is 0 Å². The van der Waals surface area contributed by atoms with Crippen molar-refractivity contribution in [3.05, 3.63) is 24.0 Å². The van der Waals surface area contributed by atoms with Gasteiger partial charge < -0.3 is 15.4 Å². The van der Waals surface area contributed by atoms with Crippen LogP contribution in [0, 0.1) is 0 Å². The second-order valence-electron chi connectivity index (χ2n) is 4.70. The number of hydrogen-bond acceptors (Lipinski definition) is 4. The van der Waals surface area contributed by atoms with E-state index in [4.69, 9.17) is 4.74 Å². The molecular formula is C14H21N3O2. The summed E-state index contributed by atoms with van der Waals surface area (Å²) in [6, 6.07) is 3.65. The van der Waals surface area contributed by atoms with Crippen LogP contribution in [0.3, 0.4) is 0 Å². The van der Waals surface area contributed by atoms with Gasteiger partial charge in [-0.3, -0.25) is 9.78 Å². The summed E-state index contributed by atoms with van der Waals surface area (Å²) < 4.78 is 5.47. The lowest BCUT2D eigenvalue weighted by molar-refractivity contribution is 0.0854. The SMILES string of the molecule is CCCNc1ccnc(C(=O)NCC2CCCO2)c1. The second kappa shape index (κ2) is 7.09. The molecule has 2 N–H and O–H groups in total. The van der Waals surface area contributed by atoms with Gasteiger partial charge in [0.05, 0.1) is 6.10 Å². The molecule has 0 bridgehead atoms. The number of pyridine rings is 1. The van der Waals surface area contributed by atoms with E-state index in [0.29, 0.717) is 12.2 Å². The minimum atomic E-state index is -0.143. The lowest BCUT2D eigenvalue weighted by Crippen LogP contribution is -2.32. The van der Waals surface area contributed by atoms with Gasteiger partial charge in [0.1, 0.15) is 5.69 Å². The quantitative estimate of drug-likeness (QED) is 0.821. The standard InChI is InChI=1S/C14H21N3O2/c1-2-6-15-11-5-7-16-13(9-11)14(18)17-10-12-4-3-8-19-12/h5,7,9,12H,2-4,6,8,10H2,1H3,(H,15,16)(H,17,18). The van der Waals surface area contributed by atoms with Crippen LogP contribution in [0.5, 0.6) is 0 Å². The number of rotatable bonds is 6. The summed E-state index contributed by atoms with van der Waals surface area (Å²) in [5.41, 5.74) is 1.37. The van der Waals surface area contributed by atoms with Crippen molar-refractivity contribution in [3.63, 3.8) is 0 Å². The van der Waals surface area contributed by atoms with Crippen LogP contribution in [0.1, 0.15) is 36.7 Å². The lowest BCUT2D eigenvalue weighted by atomic mass is 10.2. The van der Waals surface area contributed by atoms with Crippen molar-refractivity contribution in [3.8, 4) is 0 Å². The van der Waals surface area contributed by atoms with Gasteiger partial charge in [0.25, 0.3) is 5.91 Å². The number of carbonyl (C=O) groups is 1. The molecule has 0 radical (unpaired) electrons. The van der Waals surface area contributed by atoms with Crippen LogP contribution >= 0.6 is 0 Å². The summed E-state index contributed by atoms with van der Waals surface area (Å²) in [5.74, 6) is -0.143. The smallest absolute Gasteiger partial charge is 0.270 e. The topological polar surface area (TPSA) is 63.2 Å².